The van der Waals surface area contributed by atoms with Gasteiger partial charge in [-0.05, 0) is 73.8 Å². The quantitative estimate of drug-likeness (QED) is 0.614. The summed E-state index contributed by atoms with van der Waals surface area (Å²) in [6.07, 6.45) is 4.54. The van der Waals surface area contributed by atoms with Crippen molar-refractivity contribution < 1.29 is 4.79 Å². The van der Waals surface area contributed by atoms with Crippen molar-refractivity contribution in [3.63, 3.8) is 0 Å². The number of hydrogen-bond acceptors (Lipinski definition) is 3. The average molecular weight is 425 g/mol. The van der Waals surface area contributed by atoms with E-state index in [0.717, 1.165) is 57.4 Å². The van der Waals surface area contributed by atoms with E-state index in [1.54, 1.807) is 0 Å². The number of carbonyl (C=O) groups is 1. The third kappa shape index (κ3) is 6.79. The van der Waals surface area contributed by atoms with Gasteiger partial charge in [0.05, 0.1) is 10.0 Å². The lowest BCUT2D eigenvalue weighted by Gasteiger charge is -2.31. The van der Waals surface area contributed by atoms with Crippen molar-refractivity contribution >= 4 is 40.4 Å². The molecule has 6 heteroatoms. The molecule has 0 aliphatic carbocycles. The number of hydrogen-bond donors (Lipinski definition) is 1. The molecular formula is C21H26Cl2N2OS. The van der Waals surface area contributed by atoms with Gasteiger partial charge in [0.1, 0.15) is 0 Å². The Bertz CT molecular complexity index is 728. The number of rotatable bonds is 8. The first-order valence-corrected chi connectivity index (χ1v) is 11.2. The summed E-state index contributed by atoms with van der Waals surface area (Å²) in [6.45, 7) is 4.11. The minimum Gasteiger partial charge on any atom is -0.356 e. The topological polar surface area (TPSA) is 32.3 Å². The van der Waals surface area contributed by atoms with E-state index in [9.17, 15) is 4.79 Å². The first-order valence-electron chi connectivity index (χ1n) is 9.55. The Kier molecular flexibility index (Phi) is 8.01. The summed E-state index contributed by atoms with van der Waals surface area (Å²) in [5.74, 6) is 0.750. The highest BCUT2D eigenvalue weighted by atomic mass is 35.5. The molecule has 1 fully saturated rings. The maximum atomic E-state index is 12.1. The highest BCUT2D eigenvalue weighted by molar-refractivity contribution is 7.09. The molecule has 1 saturated heterocycles. The van der Waals surface area contributed by atoms with Crippen molar-refractivity contribution in [2.45, 2.75) is 38.6 Å². The van der Waals surface area contributed by atoms with Crippen LogP contribution >= 0.6 is 34.5 Å². The van der Waals surface area contributed by atoms with E-state index < -0.39 is 0 Å². The van der Waals surface area contributed by atoms with E-state index in [0.29, 0.717) is 22.4 Å². The van der Waals surface area contributed by atoms with Crippen LogP contribution < -0.4 is 5.32 Å². The summed E-state index contributed by atoms with van der Waals surface area (Å²) in [4.78, 5) is 16.1. The van der Waals surface area contributed by atoms with Gasteiger partial charge in [0.15, 0.2) is 0 Å². The fraction of sp³-hybridized carbons (Fsp3) is 0.476. The van der Waals surface area contributed by atoms with Crippen LogP contribution in [-0.2, 0) is 17.8 Å². The molecule has 3 nitrogen and oxygen atoms in total. The zero-order valence-corrected chi connectivity index (χ0v) is 17.8. The first kappa shape index (κ1) is 20.7. The minimum absolute atomic E-state index is 0.149. The lowest BCUT2D eigenvalue weighted by molar-refractivity contribution is -0.121. The Hall–Kier alpha value is -1.07. The number of halogens is 2. The van der Waals surface area contributed by atoms with Crippen molar-refractivity contribution in [3.8, 4) is 0 Å². The van der Waals surface area contributed by atoms with Crippen molar-refractivity contribution in [2.75, 3.05) is 19.6 Å². The number of thiophene rings is 1. The van der Waals surface area contributed by atoms with Gasteiger partial charge in [0.2, 0.25) is 5.91 Å². The van der Waals surface area contributed by atoms with E-state index in [-0.39, 0.29) is 5.91 Å². The molecule has 1 aliphatic heterocycles. The predicted octanol–water partition coefficient (Wildman–Crippen LogP) is 5.41. The predicted molar refractivity (Wildman–Crippen MR) is 115 cm³/mol. The lowest BCUT2D eigenvalue weighted by atomic mass is 9.96. The number of piperidine rings is 1. The summed E-state index contributed by atoms with van der Waals surface area (Å²) in [5.41, 5.74) is 1.12. The van der Waals surface area contributed by atoms with Crippen LogP contribution in [0.4, 0.5) is 0 Å². The van der Waals surface area contributed by atoms with Crippen molar-refractivity contribution in [1.29, 1.82) is 0 Å². The Morgan fingerprint density at radius 1 is 1.19 bits per heavy atom. The van der Waals surface area contributed by atoms with Gasteiger partial charge in [-0.3, -0.25) is 9.69 Å². The van der Waals surface area contributed by atoms with Crippen LogP contribution in [0.1, 0.15) is 36.1 Å². The molecule has 2 heterocycles. The molecule has 27 heavy (non-hydrogen) atoms. The SMILES string of the molecule is O=C(CCCc1ccc(Cl)c(Cl)c1)NCC1CCN(Cc2cccs2)CC1. The van der Waals surface area contributed by atoms with Crippen LogP contribution in [0.25, 0.3) is 0 Å². The summed E-state index contributed by atoms with van der Waals surface area (Å²) in [5, 5.41) is 6.40. The Morgan fingerprint density at radius 3 is 2.70 bits per heavy atom. The van der Waals surface area contributed by atoms with E-state index in [1.807, 2.05) is 29.5 Å². The minimum atomic E-state index is 0.149. The monoisotopic (exact) mass is 424 g/mol. The van der Waals surface area contributed by atoms with Gasteiger partial charge in [-0.1, -0.05) is 35.3 Å². The Labute approximate surface area is 175 Å². The van der Waals surface area contributed by atoms with Gasteiger partial charge in [0.25, 0.3) is 0 Å². The molecule has 146 valence electrons. The fourth-order valence-corrected chi connectivity index (χ4v) is 4.53. The molecule has 0 spiro atoms. The largest absolute Gasteiger partial charge is 0.356 e. The first-order chi connectivity index (χ1) is 13.1. The van der Waals surface area contributed by atoms with Crippen molar-refractivity contribution in [3.05, 3.63) is 56.2 Å². The van der Waals surface area contributed by atoms with Gasteiger partial charge < -0.3 is 5.32 Å². The number of benzene rings is 1. The number of aryl methyl sites for hydroxylation is 1. The zero-order chi connectivity index (χ0) is 19.1. The second kappa shape index (κ2) is 10.5. The highest BCUT2D eigenvalue weighted by Crippen LogP contribution is 2.23. The number of amides is 1. The smallest absolute Gasteiger partial charge is 0.220 e. The molecule has 2 aromatic rings. The summed E-state index contributed by atoms with van der Waals surface area (Å²) >= 11 is 13.8. The van der Waals surface area contributed by atoms with Crippen LogP contribution in [-0.4, -0.2) is 30.4 Å². The summed E-state index contributed by atoms with van der Waals surface area (Å²) < 4.78 is 0. The van der Waals surface area contributed by atoms with Crippen LogP contribution in [0.15, 0.2) is 35.7 Å². The molecule has 0 saturated carbocycles. The molecule has 1 aliphatic rings. The standard InChI is InChI=1S/C21H26Cl2N2OS/c22-19-7-6-16(13-20(19)23)3-1-5-21(26)24-14-17-8-10-25(11-9-17)15-18-4-2-12-27-18/h2,4,6-7,12-13,17H,1,3,5,8-11,14-15H2,(H,24,26). The third-order valence-corrected chi connectivity index (χ3v) is 6.71. The van der Waals surface area contributed by atoms with E-state index in [2.05, 4.69) is 27.7 Å². The molecule has 0 unspecified atom stereocenters. The molecule has 3 rings (SSSR count). The zero-order valence-electron chi connectivity index (χ0n) is 15.4. The average Bonchev–Trinajstić information content (AvgIpc) is 3.17. The second-order valence-corrected chi connectivity index (χ2v) is 9.05. The highest BCUT2D eigenvalue weighted by Gasteiger charge is 2.19. The number of carbonyl (C=O) groups excluding carboxylic acids is 1. The van der Waals surface area contributed by atoms with E-state index >= 15 is 0 Å². The van der Waals surface area contributed by atoms with Crippen LogP contribution in [0.5, 0.6) is 0 Å². The van der Waals surface area contributed by atoms with Crippen LogP contribution in [0.2, 0.25) is 10.0 Å². The molecular weight excluding hydrogens is 399 g/mol. The van der Waals surface area contributed by atoms with Gasteiger partial charge >= 0.3 is 0 Å². The normalized spacial score (nSPS) is 15.8. The van der Waals surface area contributed by atoms with E-state index in [4.69, 9.17) is 23.2 Å². The molecule has 1 aromatic carbocycles. The Morgan fingerprint density at radius 2 is 2.00 bits per heavy atom. The number of nitrogens with one attached hydrogen (secondary N) is 1. The molecule has 0 radical (unpaired) electrons. The summed E-state index contributed by atoms with van der Waals surface area (Å²) in [7, 11) is 0. The van der Waals surface area contributed by atoms with Crippen molar-refractivity contribution in [1.82, 2.24) is 10.2 Å². The lowest BCUT2D eigenvalue weighted by Crippen LogP contribution is -2.38. The van der Waals surface area contributed by atoms with Gasteiger partial charge in [-0.25, -0.2) is 0 Å². The van der Waals surface area contributed by atoms with Crippen LogP contribution in [0.3, 0.4) is 0 Å². The maximum absolute atomic E-state index is 12.1. The second-order valence-electron chi connectivity index (χ2n) is 7.20. The molecule has 0 atom stereocenters. The fourth-order valence-electron chi connectivity index (χ4n) is 3.47. The van der Waals surface area contributed by atoms with E-state index in [1.165, 1.54) is 4.88 Å². The Balaban J connectivity index is 1.28. The number of nitrogens with zero attached hydrogens (tertiary/aromatic N) is 1. The molecule has 0 bridgehead atoms. The van der Waals surface area contributed by atoms with Gasteiger partial charge in [-0.15, -0.1) is 11.3 Å². The molecule has 1 aromatic heterocycles. The molecule has 1 amide bonds. The summed E-state index contributed by atoms with van der Waals surface area (Å²) in [6, 6.07) is 9.98. The number of likely N-dealkylation sites (tertiary alicyclic amines) is 1. The molecule has 1 N–H and O–H groups in total. The maximum Gasteiger partial charge on any atom is 0.220 e. The van der Waals surface area contributed by atoms with Gasteiger partial charge in [0, 0.05) is 24.4 Å². The van der Waals surface area contributed by atoms with Gasteiger partial charge in [-0.2, -0.15) is 0 Å². The third-order valence-electron chi connectivity index (χ3n) is 5.11. The van der Waals surface area contributed by atoms with Crippen LogP contribution in [0, 0.1) is 5.92 Å². The van der Waals surface area contributed by atoms with Crippen molar-refractivity contribution in [2.24, 2.45) is 5.92 Å².